The molecule has 1 aromatic heterocycles. The minimum absolute atomic E-state index is 0.707. The number of benzene rings is 2. The van der Waals surface area contributed by atoms with Crippen LogP contribution in [0.3, 0.4) is 0 Å². The van der Waals surface area contributed by atoms with Crippen molar-refractivity contribution in [2.75, 3.05) is 5.32 Å². The van der Waals surface area contributed by atoms with Crippen LogP contribution in [0.4, 0.5) is 5.69 Å². The van der Waals surface area contributed by atoms with Crippen molar-refractivity contribution in [3.8, 4) is 11.3 Å². The molecule has 21 heavy (non-hydrogen) atoms. The highest BCUT2D eigenvalue weighted by Crippen LogP contribution is 2.25. The van der Waals surface area contributed by atoms with Gasteiger partial charge in [-0.05, 0) is 24.6 Å². The molecule has 106 valence electrons. The van der Waals surface area contributed by atoms with Crippen molar-refractivity contribution in [2.45, 2.75) is 13.5 Å². The third-order valence-electron chi connectivity index (χ3n) is 3.32. The Bertz CT molecular complexity index is 738. The fourth-order valence-electron chi connectivity index (χ4n) is 2.10. The first-order valence-electron chi connectivity index (χ1n) is 6.73. The number of halogens is 1. The van der Waals surface area contributed by atoms with Gasteiger partial charge in [0.05, 0.1) is 12.2 Å². The number of hydrogen-bond donors (Lipinski definition) is 1. The van der Waals surface area contributed by atoms with E-state index in [0.29, 0.717) is 6.54 Å². The molecule has 0 unspecified atom stereocenters. The van der Waals surface area contributed by atoms with E-state index in [1.807, 2.05) is 43.3 Å². The predicted octanol–water partition coefficient (Wildman–Crippen LogP) is 5.38. The minimum Gasteiger partial charge on any atom is -0.378 e. The lowest BCUT2D eigenvalue weighted by molar-refractivity contribution is 1.10. The number of nitrogens with one attached hydrogen (secondary N) is 1. The van der Waals surface area contributed by atoms with Crippen molar-refractivity contribution in [3.05, 3.63) is 69.5 Å². The van der Waals surface area contributed by atoms with Crippen LogP contribution in [-0.4, -0.2) is 4.98 Å². The summed E-state index contributed by atoms with van der Waals surface area (Å²) in [5, 5.41) is 7.34. The van der Waals surface area contributed by atoms with E-state index < -0.39 is 0 Å². The summed E-state index contributed by atoms with van der Waals surface area (Å²) in [5.41, 5.74) is 4.30. The zero-order valence-electron chi connectivity index (χ0n) is 11.6. The lowest BCUT2D eigenvalue weighted by atomic mass is 10.2. The maximum absolute atomic E-state index is 6.13. The predicted molar refractivity (Wildman–Crippen MR) is 91.1 cm³/mol. The van der Waals surface area contributed by atoms with Crippen LogP contribution in [0.25, 0.3) is 11.3 Å². The van der Waals surface area contributed by atoms with Gasteiger partial charge in [-0.3, -0.25) is 0 Å². The molecule has 3 rings (SSSR count). The summed E-state index contributed by atoms with van der Waals surface area (Å²) in [6, 6.07) is 16.1. The first-order chi connectivity index (χ1) is 10.2. The summed E-state index contributed by atoms with van der Waals surface area (Å²) in [6.07, 6.45) is 0. The van der Waals surface area contributed by atoms with Crippen LogP contribution in [0.5, 0.6) is 0 Å². The van der Waals surface area contributed by atoms with Crippen molar-refractivity contribution in [2.24, 2.45) is 0 Å². The lowest BCUT2D eigenvalue weighted by Crippen LogP contribution is -2.00. The molecule has 0 saturated carbocycles. The van der Waals surface area contributed by atoms with E-state index in [9.17, 15) is 0 Å². The van der Waals surface area contributed by atoms with E-state index in [-0.39, 0.29) is 0 Å². The van der Waals surface area contributed by atoms with Gasteiger partial charge in [-0.15, -0.1) is 11.3 Å². The Balaban J connectivity index is 1.72. The molecule has 0 saturated heterocycles. The molecule has 2 nitrogen and oxygen atoms in total. The smallest absolute Gasteiger partial charge is 0.112 e. The Hall–Kier alpha value is -1.84. The quantitative estimate of drug-likeness (QED) is 0.699. The number of rotatable bonds is 4. The highest BCUT2D eigenvalue weighted by atomic mass is 35.5. The summed E-state index contributed by atoms with van der Waals surface area (Å²) in [7, 11) is 0. The van der Waals surface area contributed by atoms with Crippen molar-refractivity contribution in [1.29, 1.82) is 0 Å². The second-order valence-electron chi connectivity index (χ2n) is 4.76. The van der Waals surface area contributed by atoms with Gasteiger partial charge in [0.1, 0.15) is 5.01 Å². The van der Waals surface area contributed by atoms with E-state index in [4.69, 9.17) is 11.6 Å². The number of anilines is 1. The van der Waals surface area contributed by atoms with E-state index in [1.54, 1.807) is 11.3 Å². The molecule has 0 aliphatic carbocycles. The van der Waals surface area contributed by atoms with Crippen LogP contribution >= 0.6 is 22.9 Å². The van der Waals surface area contributed by atoms with Crippen LogP contribution in [-0.2, 0) is 6.54 Å². The molecule has 0 atom stereocenters. The maximum atomic E-state index is 6.13. The maximum Gasteiger partial charge on any atom is 0.112 e. The fourth-order valence-corrected chi connectivity index (χ4v) is 3.02. The highest BCUT2D eigenvalue weighted by molar-refractivity contribution is 7.09. The minimum atomic E-state index is 0.707. The second kappa shape index (κ2) is 6.29. The molecule has 4 heteroatoms. The van der Waals surface area contributed by atoms with E-state index in [0.717, 1.165) is 32.5 Å². The summed E-state index contributed by atoms with van der Waals surface area (Å²) >= 11 is 7.79. The Morgan fingerprint density at radius 2 is 1.90 bits per heavy atom. The molecular formula is C17H15ClN2S. The largest absolute Gasteiger partial charge is 0.378 e. The Morgan fingerprint density at radius 3 is 2.71 bits per heavy atom. The molecule has 1 heterocycles. The highest BCUT2D eigenvalue weighted by Gasteiger charge is 2.06. The topological polar surface area (TPSA) is 24.9 Å². The molecule has 0 spiro atoms. The van der Waals surface area contributed by atoms with Crippen molar-refractivity contribution in [3.63, 3.8) is 0 Å². The zero-order chi connectivity index (χ0) is 14.7. The van der Waals surface area contributed by atoms with Crippen molar-refractivity contribution in [1.82, 2.24) is 4.98 Å². The monoisotopic (exact) mass is 314 g/mol. The average molecular weight is 315 g/mol. The van der Waals surface area contributed by atoms with Crippen molar-refractivity contribution < 1.29 is 0 Å². The normalized spacial score (nSPS) is 10.6. The van der Waals surface area contributed by atoms with Gasteiger partial charge in [-0.2, -0.15) is 0 Å². The molecular weight excluding hydrogens is 300 g/mol. The number of hydrogen-bond acceptors (Lipinski definition) is 3. The Kier molecular flexibility index (Phi) is 4.23. The third kappa shape index (κ3) is 3.26. The summed E-state index contributed by atoms with van der Waals surface area (Å²) in [5.74, 6) is 0. The number of nitrogens with zero attached hydrogens (tertiary/aromatic N) is 1. The van der Waals surface area contributed by atoms with E-state index >= 15 is 0 Å². The van der Waals surface area contributed by atoms with Gasteiger partial charge in [-0.1, -0.05) is 48.0 Å². The standard InChI is InChI=1S/C17H15ClN2S/c1-12-14(18)8-5-9-15(12)19-10-17-20-16(11-21-17)13-6-3-2-4-7-13/h2-9,11,19H,10H2,1H3. The van der Waals surface area contributed by atoms with Crippen molar-refractivity contribution >= 4 is 28.6 Å². The first-order valence-corrected chi connectivity index (χ1v) is 7.98. The number of thiazole rings is 1. The summed E-state index contributed by atoms with van der Waals surface area (Å²) in [4.78, 5) is 4.67. The molecule has 0 aliphatic rings. The van der Waals surface area contributed by atoms with E-state index in [1.165, 1.54) is 0 Å². The van der Waals surface area contributed by atoms with Gasteiger partial charge in [0.25, 0.3) is 0 Å². The third-order valence-corrected chi connectivity index (χ3v) is 4.58. The molecule has 0 bridgehead atoms. The SMILES string of the molecule is Cc1c(Cl)cccc1NCc1nc(-c2ccccc2)cs1. The van der Waals surface area contributed by atoms with Crippen LogP contribution in [0.1, 0.15) is 10.6 Å². The second-order valence-corrected chi connectivity index (χ2v) is 6.11. The summed E-state index contributed by atoms with van der Waals surface area (Å²) in [6.45, 7) is 2.72. The summed E-state index contributed by atoms with van der Waals surface area (Å²) < 4.78 is 0. The lowest BCUT2D eigenvalue weighted by Gasteiger charge is -2.08. The van der Waals surface area contributed by atoms with Gasteiger partial charge in [0.15, 0.2) is 0 Å². The Morgan fingerprint density at radius 1 is 1.10 bits per heavy atom. The van der Waals surface area contributed by atoms with Crippen LogP contribution in [0.2, 0.25) is 5.02 Å². The molecule has 1 N–H and O–H groups in total. The first kappa shape index (κ1) is 14.1. The van der Waals surface area contributed by atoms with Crippen LogP contribution < -0.4 is 5.32 Å². The average Bonchev–Trinajstić information content (AvgIpc) is 2.99. The molecule has 0 fully saturated rings. The molecule has 0 radical (unpaired) electrons. The zero-order valence-corrected chi connectivity index (χ0v) is 13.2. The van der Waals surface area contributed by atoms with Gasteiger partial charge in [0, 0.05) is 21.7 Å². The van der Waals surface area contributed by atoms with Crippen LogP contribution in [0.15, 0.2) is 53.9 Å². The van der Waals surface area contributed by atoms with Gasteiger partial charge in [0.2, 0.25) is 0 Å². The molecule has 0 aliphatic heterocycles. The fraction of sp³-hybridized carbons (Fsp3) is 0.118. The Labute approximate surface area is 133 Å². The van der Waals surface area contributed by atoms with Gasteiger partial charge in [-0.25, -0.2) is 4.98 Å². The molecule has 0 amide bonds. The van der Waals surface area contributed by atoms with Gasteiger partial charge >= 0.3 is 0 Å². The van der Waals surface area contributed by atoms with E-state index in [2.05, 4.69) is 27.8 Å². The van der Waals surface area contributed by atoms with Gasteiger partial charge < -0.3 is 5.32 Å². The molecule has 3 aromatic rings. The number of aromatic nitrogens is 1. The van der Waals surface area contributed by atoms with Crippen LogP contribution in [0, 0.1) is 6.92 Å². The molecule has 2 aromatic carbocycles.